The number of rotatable bonds is 5. The fourth-order valence-corrected chi connectivity index (χ4v) is 2.30. The van der Waals surface area contributed by atoms with Crippen molar-refractivity contribution in [3.8, 4) is 0 Å². The summed E-state index contributed by atoms with van der Waals surface area (Å²) in [6.45, 7) is 0.932. The Morgan fingerprint density at radius 1 is 1.44 bits per heavy atom. The Hall–Kier alpha value is -1.58. The highest BCUT2D eigenvalue weighted by atomic mass is 16.2. The van der Waals surface area contributed by atoms with E-state index in [0.717, 1.165) is 31.0 Å². The van der Waals surface area contributed by atoms with E-state index < -0.39 is 0 Å². The van der Waals surface area contributed by atoms with Gasteiger partial charge in [0.25, 0.3) is 5.91 Å². The molecule has 2 aliphatic rings. The van der Waals surface area contributed by atoms with E-state index in [0.29, 0.717) is 11.6 Å². The van der Waals surface area contributed by atoms with Crippen molar-refractivity contribution < 1.29 is 4.79 Å². The van der Waals surface area contributed by atoms with Crippen LogP contribution in [0.3, 0.4) is 0 Å². The number of hydrogen-bond donors (Lipinski definition) is 1. The van der Waals surface area contributed by atoms with Gasteiger partial charge in [0.2, 0.25) is 0 Å². The molecule has 0 radical (unpaired) electrons. The Kier molecular flexibility index (Phi) is 2.94. The first kappa shape index (κ1) is 11.5. The summed E-state index contributed by atoms with van der Waals surface area (Å²) in [4.78, 5) is 18.8. The minimum Gasteiger partial charge on any atom is -0.387 e. The van der Waals surface area contributed by atoms with Gasteiger partial charge in [0.15, 0.2) is 0 Å². The molecular formula is C14H19N3O. The van der Waals surface area contributed by atoms with E-state index in [2.05, 4.69) is 15.2 Å². The fraction of sp³-hybridized carbons (Fsp3) is 0.571. The summed E-state index contributed by atoms with van der Waals surface area (Å²) < 4.78 is 0. The zero-order valence-corrected chi connectivity index (χ0v) is 10.7. The molecule has 1 heterocycles. The highest BCUT2D eigenvalue weighted by Crippen LogP contribution is 2.36. The van der Waals surface area contributed by atoms with Crippen molar-refractivity contribution in [1.29, 1.82) is 0 Å². The van der Waals surface area contributed by atoms with Crippen LogP contribution in [-0.2, 0) is 0 Å². The maximum Gasteiger partial charge on any atom is 0.257 e. The lowest BCUT2D eigenvalue weighted by atomic mass is 10.2. The van der Waals surface area contributed by atoms with Crippen LogP contribution in [0.1, 0.15) is 36.0 Å². The van der Waals surface area contributed by atoms with Gasteiger partial charge in [-0.2, -0.15) is 0 Å². The number of carbonyl (C=O) groups excluding carboxylic acids is 1. The van der Waals surface area contributed by atoms with Gasteiger partial charge >= 0.3 is 0 Å². The molecule has 2 aliphatic carbocycles. The van der Waals surface area contributed by atoms with Crippen molar-refractivity contribution >= 4 is 11.6 Å². The summed E-state index contributed by atoms with van der Waals surface area (Å²) >= 11 is 0. The number of carbonyl (C=O) groups is 1. The first-order valence-corrected chi connectivity index (χ1v) is 6.72. The Morgan fingerprint density at radius 2 is 2.22 bits per heavy atom. The summed E-state index contributed by atoms with van der Waals surface area (Å²) in [5, 5.41) is 3.07. The van der Waals surface area contributed by atoms with Crippen molar-refractivity contribution in [3.05, 3.63) is 24.0 Å². The third-order valence-corrected chi connectivity index (χ3v) is 3.72. The van der Waals surface area contributed by atoms with E-state index in [1.54, 1.807) is 12.4 Å². The first-order valence-electron chi connectivity index (χ1n) is 6.72. The number of nitrogens with zero attached hydrogens (tertiary/aromatic N) is 2. The van der Waals surface area contributed by atoms with E-state index in [-0.39, 0.29) is 5.91 Å². The highest BCUT2D eigenvalue weighted by molar-refractivity contribution is 5.99. The fourth-order valence-electron chi connectivity index (χ4n) is 2.30. The van der Waals surface area contributed by atoms with Crippen LogP contribution in [0, 0.1) is 5.92 Å². The maximum atomic E-state index is 12.6. The summed E-state index contributed by atoms with van der Waals surface area (Å²) in [6, 6.07) is 2.33. The molecule has 4 heteroatoms. The predicted molar refractivity (Wildman–Crippen MR) is 70.6 cm³/mol. The average Bonchev–Trinajstić information content (AvgIpc) is 3.28. The zero-order valence-electron chi connectivity index (χ0n) is 10.7. The number of anilines is 1. The molecule has 1 aromatic rings. The van der Waals surface area contributed by atoms with Crippen molar-refractivity contribution in [2.24, 2.45) is 5.92 Å². The van der Waals surface area contributed by atoms with Crippen LogP contribution in [0.5, 0.6) is 0 Å². The molecule has 0 spiro atoms. The first-order chi connectivity index (χ1) is 8.79. The van der Waals surface area contributed by atoms with Gasteiger partial charge in [0, 0.05) is 37.7 Å². The van der Waals surface area contributed by atoms with Gasteiger partial charge in [0.1, 0.15) is 0 Å². The molecular weight excluding hydrogens is 226 g/mol. The molecule has 1 amide bonds. The standard InChI is InChI=1S/C14H19N3O/c1-15-13-6-7-16-8-12(13)14(18)17(11-4-5-11)9-10-2-3-10/h6-8,10-11H,2-5,9H2,1H3,(H,15,16). The minimum absolute atomic E-state index is 0.141. The van der Waals surface area contributed by atoms with E-state index in [1.807, 2.05) is 13.1 Å². The molecule has 0 aromatic carbocycles. The lowest BCUT2D eigenvalue weighted by Gasteiger charge is -2.23. The maximum absolute atomic E-state index is 12.6. The average molecular weight is 245 g/mol. The van der Waals surface area contributed by atoms with Gasteiger partial charge in [-0.25, -0.2) is 0 Å². The molecule has 1 aromatic heterocycles. The van der Waals surface area contributed by atoms with Gasteiger partial charge in [-0.15, -0.1) is 0 Å². The molecule has 2 saturated carbocycles. The molecule has 1 N–H and O–H groups in total. The molecule has 0 bridgehead atoms. The molecule has 0 unspecified atom stereocenters. The predicted octanol–water partition coefficient (Wildman–Crippen LogP) is 2.14. The molecule has 0 saturated heterocycles. The smallest absolute Gasteiger partial charge is 0.257 e. The lowest BCUT2D eigenvalue weighted by Crippen LogP contribution is -2.35. The summed E-state index contributed by atoms with van der Waals surface area (Å²) in [7, 11) is 1.84. The van der Waals surface area contributed by atoms with Gasteiger partial charge in [-0.05, 0) is 37.7 Å². The highest BCUT2D eigenvalue weighted by Gasteiger charge is 2.37. The van der Waals surface area contributed by atoms with Gasteiger partial charge in [0.05, 0.1) is 5.56 Å². The second-order valence-electron chi connectivity index (χ2n) is 5.30. The molecule has 2 fully saturated rings. The van der Waals surface area contributed by atoms with Crippen LogP contribution in [0.15, 0.2) is 18.5 Å². The minimum atomic E-state index is 0.141. The second kappa shape index (κ2) is 4.59. The topological polar surface area (TPSA) is 45.2 Å². The zero-order chi connectivity index (χ0) is 12.5. The molecule has 0 aliphatic heterocycles. The van der Waals surface area contributed by atoms with Crippen molar-refractivity contribution in [2.75, 3.05) is 18.9 Å². The van der Waals surface area contributed by atoms with E-state index in [4.69, 9.17) is 0 Å². The molecule has 18 heavy (non-hydrogen) atoms. The quantitative estimate of drug-likeness (QED) is 0.864. The molecule has 4 nitrogen and oxygen atoms in total. The Morgan fingerprint density at radius 3 is 2.83 bits per heavy atom. The van der Waals surface area contributed by atoms with Crippen LogP contribution in [0.2, 0.25) is 0 Å². The largest absolute Gasteiger partial charge is 0.387 e. The third kappa shape index (κ3) is 2.33. The number of pyridine rings is 1. The van der Waals surface area contributed by atoms with Gasteiger partial charge < -0.3 is 10.2 Å². The van der Waals surface area contributed by atoms with E-state index in [9.17, 15) is 4.79 Å². The third-order valence-electron chi connectivity index (χ3n) is 3.72. The Bertz CT molecular complexity index is 452. The number of aromatic nitrogens is 1. The Balaban J connectivity index is 1.81. The molecule has 0 atom stereocenters. The molecule has 3 rings (SSSR count). The van der Waals surface area contributed by atoms with E-state index in [1.165, 1.54) is 12.8 Å². The summed E-state index contributed by atoms with van der Waals surface area (Å²) in [6.07, 6.45) is 8.27. The van der Waals surface area contributed by atoms with Crippen molar-refractivity contribution in [2.45, 2.75) is 31.7 Å². The number of amides is 1. The SMILES string of the molecule is CNc1ccncc1C(=O)N(CC1CC1)C1CC1. The van der Waals surface area contributed by atoms with Crippen LogP contribution in [0.4, 0.5) is 5.69 Å². The Labute approximate surface area is 107 Å². The van der Waals surface area contributed by atoms with Crippen LogP contribution in [-0.4, -0.2) is 35.4 Å². The number of hydrogen-bond acceptors (Lipinski definition) is 3. The summed E-state index contributed by atoms with van der Waals surface area (Å²) in [5.41, 5.74) is 1.57. The van der Waals surface area contributed by atoms with Crippen LogP contribution in [0.25, 0.3) is 0 Å². The van der Waals surface area contributed by atoms with Gasteiger partial charge in [-0.1, -0.05) is 0 Å². The molecule has 96 valence electrons. The normalized spacial score (nSPS) is 18.5. The monoisotopic (exact) mass is 245 g/mol. The second-order valence-corrected chi connectivity index (χ2v) is 5.30. The van der Waals surface area contributed by atoms with Crippen LogP contribution >= 0.6 is 0 Å². The van der Waals surface area contributed by atoms with Crippen molar-refractivity contribution in [1.82, 2.24) is 9.88 Å². The van der Waals surface area contributed by atoms with Gasteiger partial charge in [-0.3, -0.25) is 9.78 Å². The summed E-state index contributed by atoms with van der Waals surface area (Å²) in [5.74, 6) is 0.881. The number of nitrogens with one attached hydrogen (secondary N) is 1. The van der Waals surface area contributed by atoms with Crippen LogP contribution < -0.4 is 5.32 Å². The van der Waals surface area contributed by atoms with Crippen molar-refractivity contribution in [3.63, 3.8) is 0 Å². The van der Waals surface area contributed by atoms with E-state index >= 15 is 0 Å². The lowest BCUT2D eigenvalue weighted by molar-refractivity contribution is 0.0735.